The summed E-state index contributed by atoms with van der Waals surface area (Å²) in [5, 5.41) is 7.65. The zero-order chi connectivity index (χ0) is 15.5. The highest BCUT2D eigenvalue weighted by atomic mass is 32.1. The number of pyridine rings is 1. The first-order valence-corrected chi connectivity index (χ1v) is 7.82. The summed E-state index contributed by atoms with van der Waals surface area (Å²) >= 11 is 1.43. The molecule has 0 aliphatic carbocycles. The van der Waals surface area contributed by atoms with Crippen LogP contribution in [-0.4, -0.2) is 28.2 Å². The van der Waals surface area contributed by atoms with Crippen molar-refractivity contribution in [3.05, 3.63) is 34.6 Å². The molecule has 0 amide bonds. The number of nitrogens with one attached hydrogen (secondary N) is 1. The van der Waals surface area contributed by atoms with E-state index in [9.17, 15) is 0 Å². The molecule has 2 rings (SSSR count). The molecule has 0 aliphatic rings. The maximum absolute atomic E-state index is 5.54. The fourth-order valence-electron chi connectivity index (χ4n) is 2.19. The highest BCUT2D eigenvalue weighted by Crippen LogP contribution is 2.34. The third-order valence-electron chi connectivity index (χ3n) is 3.15. The molecule has 0 saturated carbocycles. The van der Waals surface area contributed by atoms with Crippen LogP contribution < -0.4 is 10.1 Å². The van der Waals surface area contributed by atoms with Crippen molar-refractivity contribution in [2.45, 2.75) is 39.2 Å². The van der Waals surface area contributed by atoms with Crippen LogP contribution in [0.2, 0.25) is 0 Å². The Morgan fingerprint density at radius 1 is 1.33 bits per heavy atom. The van der Waals surface area contributed by atoms with E-state index in [4.69, 9.17) is 4.74 Å². The van der Waals surface area contributed by atoms with Crippen LogP contribution >= 0.6 is 11.5 Å². The zero-order valence-electron chi connectivity index (χ0n) is 13.2. The molecule has 0 bridgehead atoms. The lowest BCUT2D eigenvalue weighted by Crippen LogP contribution is -2.22. The number of nitrogens with zero attached hydrogens (tertiary/aromatic N) is 3. The molecule has 2 heterocycles. The van der Waals surface area contributed by atoms with Crippen molar-refractivity contribution in [1.29, 1.82) is 0 Å². The molecule has 0 saturated heterocycles. The van der Waals surface area contributed by atoms with Crippen molar-refractivity contribution >= 4 is 11.5 Å². The highest BCUT2D eigenvalue weighted by Gasteiger charge is 2.27. The minimum Gasteiger partial charge on any atom is -0.492 e. The molecule has 114 valence electrons. The molecule has 0 aromatic carbocycles. The summed E-state index contributed by atoms with van der Waals surface area (Å²) in [6, 6.07) is 2.04. The van der Waals surface area contributed by atoms with Gasteiger partial charge in [0.1, 0.15) is 5.75 Å². The predicted octanol–water partition coefficient (Wildman–Crippen LogP) is 2.94. The van der Waals surface area contributed by atoms with Gasteiger partial charge < -0.3 is 10.1 Å². The van der Waals surface area contributed by atoms with E-state index < -0.39 is 0 Å². The summed E-state index contributed by atoms with van der Waals surface area (Å²) < 4.78 is 9.68. The van der Waals surface area contributed by atoms with Gasteiger partial charge in [0.15, 0.2) is 0 Å². The first-order valence-electron chi connectivity index (χ1n) is 7.05. The van der Waals surface area contributed by atoms with Crippen molar-refractivity contribution in [3.63, 3.8) is 0 Å². The monoisotopic (exact) mass is 306 g/mol. The molecule has 2 aromatic rings. The van der Waals surface area contributed by atoms with Gasteiger partial charge in [-0.3, -0.25) is 4.98 Å². The minimum atomic E-state index is -0.0393. The van der Waals surface area contributed by atoms with Gasteiger partial charge in [0.25, 0.3) is 0 Å². The van der Waals surface area contributed by atoms with Crippen LogP contribution in [0, 0.1) is 0 Å². The molecule has 5 nitrogen and oxygen atoms in total. The first kappa shape index (κ1) is 15.9. The number of rotatable bonds is 5. The largest absolute Gasteiger partial charge is 0.492 e. The third-order valence-corrected chi connectivity index (χ3v) is 3.94. The van der Waals surface area contributed by atoms with Gasteiger partial charge in [0, 0.05) is 11.6 Å². The van der Waals surface area contributed by atoms with Gasteiger partial charge in [0.05, 0.1) is 29.4 Å². The Balaban J connectivity index is 2.41. The number of hydrogen-bond donors (Lipinski definition) is 1. The topological polar surface area (TPSA) is 59.9 Å². The molecule has 0 spiro atoms. The van der Waals surface area contributed by atoms with Gasteiger partial charge >= 0.3 is 0 Å². The summed E-state index contributed by atoms with van der Waals surface area (Å²) in [7, 11) is 1.93. The van der Waals surface area contributed by atoms with Gasteiger partial charge in [-0.05, 0) is 37.1 Å². The number of ether oxygens (including phenoxy) is 1. The lowest BCUT2D eigenvalue weighted by Gasteiger charge is -2.21. The van der Waals surface area contributed by atoms with Gasteiger partial charge in [-0.15, -0.1) is 5.10 Å². The molecule has 21 heavy (non-hydrogen) atoms. The maximum Gasteiger partial charge on any atom is 0.137 e. The van der Waals surface area contributed by atoms with Crippen molar-refractivity contribution in [2.24, 2.45) is 0 Å². The van der Waals surface area contributed by atoms with E-state index in [-0.39, 0.29) is 11.5 Å². The van der Waals surface area contributed by atoms with Gasteiger partial charge in [0.2, 0.25) is 0 Å². The average Bonchev–Trinajstić information content (AvgIpc) is 2.90. The second-order valence-electron chi connectivity index (χ2n) is 5.84. The summed E-state index contributed by atoms with van der Waals surface area (Å²) in [5.41, 5.74) is 2.04. The fraction of sp³-hybridized carbons (Fsp3) is 0.533. The molecule has 1 unspecified atom stereocenters. The van der Waals surface area contributed by atoms with E-state index >= 15 is 0 Å². The number of hydrogen-bond acceptors (Lipinski definition) is 6. The van der Waals surface area contributed by atoms with Gasteiger partial charge in [-0.1, -0.05) is 25.3 Å². The van der Waals surface area contributed by atoms with Crippen LogP contribution in [0.1, 0.15) is 49.9 Å². The highest BCUT2D eigenvalue weighted by molar-refractivity contribution is 7.05. The molecule has 2 aromatic heterocycles. The van der Waals surface area contributed by atoms with E-state index in [1.54, 1.807) is 6.20 Å². The summed E-state index contributed by atoms with van der Waals surface area (Å²) in [5.74, 6) is 0.782. The predicted molar refractivity (Wildman–Crippen MR) is 84.9 cm³/mol. The SMILES string of the molecule is CCOc1cncc(C(NC)c2snnc2C(C)(C)C)c1. The molecular weight excluding hydrogens is 284 g/mol. The van der Waals surface area contributed by atoms with Crippen LogP contribution in [-0.2, 0) is 5.41 Å². The fourth-order valence-corrected chi connectivity index (χ4v) is 3.20. The van der Waals surface area contributed by atoms with Crippen molar-refractivity contribution in [3.8, 4) is 5.75 Å². The lowest BCUT2D eigenvalue weighted by atomic mass is 9.89. The summed E-state index contributed by atoms with van der Waals surface area (Å²) in [4.78, 5) is 5.40. The molecule has 0 radical (unpaired) electrons. The maximum atomic E-state index is 5.54. The molecule has 1 atom stereocenters. The molecule has 6 heteroatoms. The quantitative estimate of drug-likeness (QED) is 0.920. The Morgan fingerprint density at radius 3 is 2.71 bits per heavy atom. The van der Waals surface area contributed by atoms with Crippen molar-refractivity contribution in [1.82, 2.24) is 19.9 Å². The molecule has 1 N–H and O–H groups in total. The average molecular weight is 306 g/mol. The van der Waals surface area contributed by atoms with Crippen molar-refractivity contribution in [2.75, 3.05) is 13.7 Å². The van der Waals surface area contributed by atoms with Crippen LogP contribution in [0.4, 0.5) is 0 Å². The van der Waals surface area contributed by atoms with E-state index in [0.29, 0.717) is 6.61 Å². The Hall–Kier alpha value is -1.53. The minimum absolute atomic E-state index is 0.0205. The number of aromatic nitrogens is 3. The standard InChI is InChI=1S/C15H22N4OS/c1-6-20-11-7-10(8-17-9-11)12(16-5)13-14(15(2,3)4)18-19-21-13/h7-9,12,16H,6H2,1-5H3. The Morgan fingerprint density at radius 2 is 2.10 bits per heavy atom. The van der Waals surface area contributed by atoms with Crippen LogP contribution in [0.15, 0.2) is 18.5 Å². The third kappa shape index (κ3) is 3.57. The smallest absolute Gasteiger partial charge is 0.137 e. The van der Waals surface area contributed by atoms with E-state index in [1.165, 1.54) is 11.5 Å². The van der Waals surface area contributed by atoms with Crippen LogP contribution in [0.3, 0.4) is 0 Å². The van der Waals surface area contributed by atoms with Crippen molar-refractivity contribution < 1.29 is 4.74 Å². The second-order valence-corrected chi connectivity index (χ2v) is 6.63. The van der Waals surface area contributed by atoms with Gasteiger partial charge in [-0.2, -0.15) is 0 Å². The normalized spacial score (nSPS) is 13.2. The van der Waals surface area contributed by atoms with Gasteiger partial charge in [-0.25, -0.2) is 0 Å². The van der Waals surface area contributed by atoms with E-state index in [2.05, 4.69) is 40.7 Å². The van der Waals surface area contributed by atoms with E-state index in [0.717, 1.165) is 21.9 Å². The Labute approximate surface area is 129 Å². The lowest BCUT2D eigenvalue weighted by molar-refractivity contribution is 0.338. The Kier molecular flexibility index (Phi) is 4.90. The van der Waals surface area contributed by atoms with E-state index in [1.807, 2.05) is 26.2 Å². The molecule has 0 fully saturated rings. The first-order chi connectivity index (χ1) is 9.97. The summed E-state index contributed by atoms with van der Waals surface area (Å²) in [6.07, 6.45) is 3.59. The Bertz CT molecular complexity index is 591. The second kappa shape index (κ2) is 6.49. The molecular formula is C15H22N4OS. The van der Waals surface area contributed by atoms with Crippen LogP contribution in [0.25, 0.3) is 0 Å². The zero-order valence-corrected chi connectivity index (χ0v) is 14.0. The molecule has 0 aliphatic heterocycles. The summed E-state index contributed by atoms with van der Waals surface area (Å²) in [6.45, 7) is 9.04. The van der Waals surface area contributed by atoms with Crippen LogP contribution in [0.5, 0.6) is 5.75 Å².